The van der Waals surface area contributed by atoms with Crippen LogP contribution >= 0.6 is 11.6 Å². The van der Waals surface area contributed by atoms with Crippen molar-refractivity contribution >= 4 is 39.1 Å². The molecule has 0 heterocycles. The van der Waals surface area contributed by atoms with Gasteiger partial charge in [0.05, 0.1) is 11.9 Å². The largest absolute Gasteiger partial charge is 0.352 e. The van der Waals surface area contributed by atoms with Crippen LogP contribution in [0.15, 0.2) is 78.9 Å². The van der Waals surface area contributed by atoms with Crippen molar-refractivity contribution in [2.75, 3.05) is 17.1 Å². The summed E-state index contributed by atoms with van der Waals surface area (Å²) >= 11 is 6.28. The molecule has 1 aliphatic rings. The van der Waals surface area contributed by atoms with E-state index in [1.165, 1.54) is 10.6 Å². The van der Waals surface area contributed by atoms with Gasteiger partial charge in [-0.3, -0.25) is 13.9 Å². The van der Waals surface area contributed by atoms with E-state index in [9.17, 15) is 18.0 Å². The fourth-order valence-electron chi connectivity index (χ4n) is 5.47. The minimum atomic E-state index is -3.56. The van der Waals surface area contributed by atoms with Crippen LogP contribution in [0.25, 0.3) is 0 Å². The average Bonchev–Trinajstić information content (AvgIpc) is 3.46. The minimum absolute atomic E-state index is 0.0838. The van der Waals surface area contributed by atoms with Gasteiger partial charge in [-0.25, -0.2) is 8.42 Å². The summed E-state index contributed by atoms with van der Waals surface area (Å²) in [4.78, 5) is 29.4. The second kappa shape index (κ2) is 14.7. The molecule has 4 rings (SSSR count). The van der Waals surface area contributed by atoms with E-state index in [4.69, 9.17) is 11.6 Å². The summed E-state index contributed by atoms with van der Waals surface area (Å²) < 4.78 is 26.6. The van der Waals surface area contributed by atoms with E-state index in [2.05, 4.69) is 5.32 Å². The first kappa shape index (κ1) is 31.6. The quantitative estimate of drug-likeness (QED) is 0.262. The number of nitrogens with zero attached hydrogens (tertiary/aromatic N) is 2. The summed E-state index contributed by atoms with van der Waals surface area (Å²) in [5, 5.41) is 3.76. The van der Waals surface area contributed by atoms with Crippen LogP contribution in [-0.4, -0.2) is 50.0 Å². The first-order chi connectivity index (χ1) is 20.1. The van der Waals surface area contributed by atoms with Crippen molar-refractivity contribution in [3.63, 3.8) is 0 Å². The van der Waals surface area contributed by atoms with Crippen molar-refractivity contribution in [3.05, 3.63) is 101 Å². The molecule has 1 saturated carbocycles. The molecule has 1 atom stereocenters. The first-order valence-electron chi connectivity index (χ1n) is 14.5. The average molecular weight is 610 g/mol. The molecule has 1 N–H and O–H groups in total. The zero-order chi connectivity index (χ0) is 30.1. The molecule has 3 aromatic rings. The van der Waals surface area contributed by atoms with E-state index < -0.39 is 16.1 Å². The van der Waals surface area contributed by atoms with Gasteiger partial charge in [0.2, 0.25) is 21.8 Å². The maximum absolute atomic E-state index is 14.0. The van der Waals surface area contributed by atoms with Gasteiger partial charge in [0.25, 0.3) is 0 Å². The third kappa shape index (κ3) is 9.07. The third-order valence-electron chi connectivity index (χ3n) is 7.69. The van der Waals surface area contributed by atoms with Crippen LogP contribution in [0.4, 0.5) is 5.69 Å². The SMILES string of the molecule is Cc1ccc(N(CCCC(=O)N(Cc2cccc(Cl)c2)[C@H](Cc2ccccc2)C(=O)NC2CCCC2)S(C)(=O)=O)cc1. The second-order valence-electron chi connectivity index (χ2n) is 11.1. The van der Waals surface area contributed by atoms with Gasteiger partial charge in [0.15, 0.2) is 0 Å². The van der Waals surface area contributed by atoms with Crippen LogP contribution in [0.3, 0.4) is 0 Å². The van der Waals surface area contributed by atoms with Crippen LogP contribution in [0, 0.1) is 6.92 Å². The predicted molar refractivity (Wildman–Crippen MR) is 169 cm³/mol. The lowest BCUT2D eigenvalue weighted by Gasteiger charge is -2.33. The lowest BCUT2D eigenvalue weighted by atomic mass is 10.0. The molecule has 0 aliphatic heterocycles. The molecule has 7 nitrogen and oxygen atoms in total. The summed E-state index contributed by atoms with van der Waals surface area (Å²) in [7, 11) is -3.56. The molecule has 2 amide bonds. The van der Waals surface area contributed by atoms with Crippen LogP contribution in [0.2, 0.25) is 5.02 Å². The molecule has 0 aromatic heterocycles. The molecule has 0 unspecified atom stereocenters. The van der Waals surface area contributed by atoms with Crippen molar-refractivity contribution in [1.29, 1.82) is 0 Å². The number of rotatable bonds is 13. The van der Waals surface area contributed by atoms with Gasteiger partial charge in [0, 0.05) is 37.0 Å². The molecule has 0 radical (unpaired) electrons. The predicted octanol–water partition coefficient (Wildman–Crippen LogP) is 5.89. The van der Waals surface area contributed by atoms with Crippen molar-refractivity contribution < 1.29 is 18.0 Å². The summed E-state index contributed by atoms with van der Waals surface area (Å²) in [6, 6.07) is 23.6. The fourth-order valence-corrected chi connectivity index (χ4v) is 6.65. The van der Waals surface area contributed by atoms with Crippen molar-refractivity contribution in [1.82, 2.24) is 10.2 Å². The molecule has 0 spiro atoms. The Labute approximate surface area is 254 Å². The molecule has 9 heteroatoms. The zero-order valence-electron chi connectivity index (χ0n) is 24.3. The number of benzene rings is 3. The maximum atomic E-state index is 14.0. The number of hydrogen-bond donors (Lipinski definition) is 1. The fraction of sp³-hybridized carbons (Fsp3) is 0.394. The Morgan fingerprint density at radius 1 is 0.952 bits per heavy atom. The molecule has 224 valence electrons. The highest BCUT2D eigenvalue weighted by Crippen LogP contribution is 2.23. The van der Waals surface area contributed by atoms with Crippen LogP contribution in [0.5, 0.6) is 0 Å². The number of halogens is 1. The molecule has 42 heavy (non-hydrogen) atoms. The standard InChI is InChI=1S/C33H40ClN3O4S/c1-25-17-19-30(20-18-25)37(42(2,40)41)21-9-16-32(38)36(24-27-12-8-13-28(34)22-27)31(23-26-10-4-3-5-11-26)33(39)35-29-14-6-7-15-29/h3-5,8,10-13,17-20,22,29,31H,6-7,9,14-16,21,23-24H2,1-2H3,(H,35,39)/t31-/m1/s1. The van der Waals surface area contributed by atoms with Gasteiger partial charge >= 0.3 is 0 Å². The van der Waals surface area contributed by atoms with Crippen LogP contribution < -0.4 is 9.62 Å². The number of hydrogen-bond acceptors (Lipinski definition) is 4. The monoisotopic (exact) mass is 609 g/mol. The summed E-state index contributed by atoms with van der Waals surface area (Å²) in [5.74, 6) is -0.381. The van der Waals surface area contributed by atoms with Crippen molar-refractivity contribution in [3.8, 4) is 0 Å². The molecular formula is C33H40ClN3O4S. The second-order valence-corrected chi connectivity index (χ2v) is 13.5. The smallest absolute Gasteiger partial charge is 0.243 e. The highest BCUT2D eigenvalue weighted by molar-refractivity contribution is 7.92. The Hall–Kier alpha value is -3.36. The highest BCUT2D eigenvalue weighted by atomic mass is 35.5. The number of nitrogens with one attached hydrogen (secondary N) is 1. The Morgan fingerprint density at radius 2 is 1.62 bits per heavy atom. The lowest BCUT2D eigenvalue weighted by Crippen LogP contribution is -2.52. The Bertz CT molecular complexity index is 1440. The molecule has 1 aliphatic carbocycles. The van der Waals surface area contributed by atoms with Crippen molar-refractivity contribution in [2.45, 2.75) is 70.5 Å². The van der Waals surface area contributed by atoms with E-state index in [-0.39, 0.29) is 37.4 Å². The van der Waals surface area contributed by atoms with E-state index in [1.54, 1.807) is 29.2 Å². The van der Waals surface area contributed by atoms with E-state index >= 15 is 0 Å². The summed E-state index contributed by atoms with van der Waals surface area (Å²) in [6.07, 6.45) is 5.95. The van der Waals surface area contributed by atoms with Gasteiger partial charge in [-0.15, -0.1) is 0 Å². The van der Waals surface area contributed by atoms with Crippen molar-refractivity contribution in [2.24, 2.45) is 0 Å². The van der Waals surface area contributed by atoms with E-state index in [0.717, 1.165) is 42.4 Å². The van der Waals surface area contributed by atoms with E-state index in [0.29, 0.717) is 23.6 Å². The molecule has 3 aromatic carbocycles. The third-order valence-corrected chi connectivity index (χ3v) is 9.12. The van der Waals surface area contributed by atoms with Gasteiger partial charge in [-0.1, -0.05) is 84.6 Å². The number of aryl methyl sites for hydroxylation is 1. The van der Waals surface area contributed by atoms with Crippen LogP contribution in [-0.2, 0) is 32.6 Å². The van der Waals surface area contributed by atoms with Gasteiger partial charge < -0.3 is 10.2 Å². The normalized spacial score (nSPS) is 14.4. The zero-order valence-corrected chi connectivity index (χ0v) is 25.9. The number of amides is 2. The Balaban J connectivity index is 1.58. The topological polar surface area (TPSA) is 86.8 Å². The summed E-state index contributed by atoms with van der Waals surface area (Å²) in [6.45, 7) is 2.30. The van der Waals surface area contributed by atoms with Crippen LogP contribution in [0.1, 0.15) is 55.2 Å². The molecular weight excluding hydrogens is 570 g/mol. The summed E-state index contributed by atoms with van der Waals surface area (Å²) in [5.41, 5.74) is 3.36. The van der Waals surface area contributed by atoms with Gasteiger partial charge in [0.1, 0.15) is 6.04 Å². The number of carbonyl (C=O) groups is 2. The Morgan fingerprint density at radius 3 is 2.26 bits per heavy atom. The molecule has 0 saturated heterocycles. The first-order valence-corrected chi connectivity index (χ1v) is 16.8. The minimum Gasteiger partial charge on any atom is -0.352 e. The lowest BCUT2D eigenvalue weighted by molar-refractivity contribution is -0.141. The Kier molecular flexibility index (Phi) is 11.0. The molecule has 0 bridgehead atoms. The van der Waals surface area contributed by atoms with Gasteiger partial charge in [-0.2, -0.15) is 0 Å². The highest BCUT2D eigenvalue weighted by Gasteiger charge is 2.32. The number of sulfonamides is 1. The molecule has 1 fully saturated rings. The van der Waals surface area contributed by atoms with Gasteiger partial charge in [-0.05, 0) is 61.6 Å². The maximum Gasteiger partial charge on any atom is 0.243 e. The van der Waals surface area contributed by atoms with E-state index in [1.807, 2.05) is 61.5 Å². The number of anilines is 1. The number of carbonyl (C=O) groups excluding carboxylic acids is 2.